The van der Waals surface area contributed by atoms with Crippen LogP contribution >= 0.6 is 0 Å². The van der Waals surface area contributed by atoms with E-state index in [1.165, 1.54) is 21.8 Å². The monoisotopic (exact) mass is 379 g/mol. The topological polar surface area (TPSA) is 81.8 Å². The Morgan fingerprint density at radius 3 is 2.52 bits per heavy atom. The molecule has 2 aromatic rings. The Bertz CT molecular complexity index is 826. The van der Waals surface area contributed by atoms with E-state index in [0.717, 1.165) is 6.07 Å². The van der Waals surface area contributed by atoms with E-state index in [9.17, 15) is 21.6 Å². The van der Waals surface area contributed by atoms with E-state index in [4.69, 9.17) is 0 Å². The van der Waals surface area contributed by atoms with Crippen LogP contribution in [0.5, 0.6) is 0 Å². The first-order chi connectivity index (χ1) is 11.6. The summed E-state index contributed by atoms with van der Waals surface area (Å²) >= 11 is 0. The van der Waals surface area contributed by atoms with Gasteiger partial charge < -0.3 is 0 Å². The Morgan fingerprint density at radius 1 is 1.36 bits per heavy atom. The third-order valence-electron chi connectivity index (χ3n) is 3.99. The maximum absolute atomic E-state index is 12.6. The van der Waals surface area contributed by atoms with Crippen LogP contribution in [0.25, 0.3) is 0 Å². The fraction of sp³-hybridized carbons (Fsp3) is 0.571. The molecule has 140 valence electrons. The van der Waals surface area contributed by atoms with E-state index in [2.05, 4.69) is 14.9 Å². The van der Waals surface area contributed by atoms with Crippen molar-refractivity contribution < 1.29 is 21.6 Å². The highest BCUT2D eigenvalue weighted by Crippen LogP contribution is 2.28. The first-order valence-corrected chi connectivity index (χ1v) is 9.15. The third-order valence-corrected chi connectivity index (χ3v) is 5.56. The molecule has 0 aromatic carbocycles. The minimum Gasteiger partial charge on any atom is -0.272 e. The molecular weight excluding hydrogens is 359 g/mol. The Hall–Kier alpha value is -1.88. The van der Waals surface area contributed by atoms with Gasteiger partial charge in [0.15, 0.2) is 5.69 Å². The zero-order valence-corrected chi connectivity index (χ0v) is 14.9. The number of nitrogens with zero attached hydrogens (tertiary/aromatic N) is 4. The average molecular weight is 379 g/mol. The summed E-state index contributed by atoms with van der Waals surface area (Å²) in [6.45, 7) is 3.52. The van der Waals surface area contributed by atoms with Crippen molar-refractivity contribution in [3.05, 3.63) is 29.8 Å². The van der Waals surface area contributed by atoms with Crippen molar-refractivity contribution in [1.29, 1.82) is 0 Å². The molecule has 0 saturated carbocycles. The molecule has 2 heterocycles. The second-order valence-corrected chi connectivity index (χ2v) is 7.38. The van der Waals surface area contributed by atoms with Crippen LogP contribution in [-0.4, -0.2) is 34.5 Å². The molecule has 11 heteroatoms. The summed E-state index contributed by atoms with van der Waals surface area (Å²) in [6, 6.07) is 0.569. The number of hydrogen-bond donors (Lipinski definition) is 1. The molecule has 0 unspecified atom stereocenters. The Kier molecular flexibility index (Phi) is 5.57. The number of halogens is 3. The van der Waals surface area contributed by atoms with Gasteiger partial charge in [0.05, 0.1) is 17.9 Å². The Balaban J connectivity index is 2.02. The maximum Gasteiger partial charge on any atom is 0.435 e. The molecule has 0 aliphatic heterocycles. The van der Waals surface area contributed by atoms with Gasteiger partial charge >= 0.3 is 6.18 Å². The molecule has 0 saturated heterocycles. The highest BCUT2D eigenvalue weighted by Gasteiger charge is 2.34. The fourth-order valence-corrected chi connectivity index (χ4v) is 3.65. The quantitative estimate of drug-likeness (QED) is 0.800. The van der Waals surface area contributed by atoms with Crippen molar-refractivity contribution in [2.45, 2.75) is 43.8 Å². The van der Waals surface area contributed by atoms with Gasteiger partial charge in [0, 0.05) is 19.8 Å². The number of hydrogen-bond acceptors (Lipinski definition) is 4. The van der Waals surface area contributed by atoms with Crippen LogP contribution in [0.15, 0.2) is 23.4 Å². The van der Waals surface area contributed by atoms with Crippen LogP contribution < -0.4 is 4.72 Å². The van der Waals surface area contributed by atoms with E-state index < -0.39 is 21.9 Å². The molecule has 2 aromatic heterocycles. The summed E-state index contributed by atoms with van der Waals surface area (Å²) in [5, 5.41) is 7.44. The molecule has 25 heavy (non-hydrogen) atoms. The van der Waals surface area contributed by atoms with Gasteiger partial charge in [-0.05, 0) is 25.8 Å². The van der Waals surface area contributed by atoms with Crippen molar-refractivity contribution >= 4 is 10.0 Å². The second kappa shape index (κ2) is 7.16. The van der Waals surface area contributed by atoms with Gasteiger partial charge in [-0.25, -0.2) is 13.1 Å². The van der Waals surface area contributed by atoms with Gasteiger partial charge in [-0.2, -0.15) is 23.4 Å². The number of aryl methyl sites for hydroxylation is 1. The SMILES string of the molecule is CC[C@H](CCNS(=O)(=O)c1cnn(C)c1C)n1ccc(C(F)(F)F)n1. The first-order valence-electron chi connectivity index (χ1n) is 7.67. The van der Waals surface area contributed by atoms with Crippen molar-refractivity contribution in [1.82, 2.24) is 24.3 Å². The molecule has 0 radical (unpaired) electrons. The summed E-state index contributed by atoms with van der Waals surface area (Å²) in [5.74, 6) is 0. The van der Waals surface area contributed by atoms with Gasteiger partial charge in [0.25, 0.3) is 0 Å². The van der Waals surface area contributed by atoms with Gasteiger partial charge in [0.2, 0.25) is 10.0 Å². The lowest BCUT2D eigenvalue weighted by Gasteiger charge is -2.16. The number of aromatic nitrogens is 4. The predicted octanol–water partition coefficient (Wildman–Crippen LogP) is 2.26. The van der Waals surface area contributed by atoms with Crippen molar-refractivity contribution in [3.63, 3.8) is 0 Å². The molecule has 0 aliphatic rings. The summed E-state index contributed by atoms with van der Waals surface area (Å²) < 4.78 is 67.6. The van der Waals surface area contributed by atoms with Crippen LogP contribution in [0.1, 0.15) is 37.2 Å². The molecule has 2 rings (SSSR count). The zero-order valence-electron chi connectivity index (χ0n) is 14.1. The number of rotatable bonds is 7. The van der Waals surface area contributed by atoms with Crippen molar-refractivity contribution in [2.75, 3.05) is 6.54 Å². The summed E-state index contributed by atoms with van der Waals surface area (Å²) in [4.78, 5) is 0.0847. The number of sulfonamides is 1. The smallest absolute Gasteiger partial charge is 0.272 e. The van der Waals surface area contributed by atoms with Crippen LogP contribution in [-0.2, 0) is 23.2 Å². The summed E-state index contributed by atoms with van der Waals surface area (Å²) in [6.07, 6.45) is -1.14. The van der Waals surface area contributed by atoms with Crippen molar-refractivity contribution in [3.8, 4) is 0 Å². The van der Waals surface area contributed by atoms with E-state index in [1.807, 2.05) is 0 Å². The average Bonchev–Trinajstić information content (AvgIpc) is 3.12. The lowest BCUT2D eigenvalue weighted by atomic mass is 10.1. The third kappa shape index (κ3) is 4.40. The number of nitrogens with one attached hydrogen (secondary N) is 1. The molecule has 0 amide bonds. The standard InChI is InChI=1S/C14H20F3N5O2S/c1-4-11(22-8-6-13(20-22)14(15,16)17)5-7-19-25(23,24)12-9-18-21(3)10(12)2/h6,8-9,11,19H,4-5,7H2,1-3H3/t11-/m1/s1. The molecule has 1 N–H and O–H groups in total. The highest BCUT2D eigenvalue weighted by molar-refractivity contribution is 7.89. The lowest BCUT2D eigenvalue weighted by Crippen LogP contribution is -2.27. The van der Waals surface area contributed by atoms with E-state index >= 15 is 0 Å². The van der Waals surface area contributed by atoms with Crippen molar-refractivity contribution in [2.24, 2.45) is 7.05 Å². The minimum atomic E-state index is -4.50. The van der Waals surface area contributed by atoms with Gasteiger partial charge in [-0.15, -0.1) is 0 Å². The second-order valence-electron chi connectivity index (χ2n) is 5.65. The lowest BCUT2D eigenvalue weighted by molar-refractivity contribution is -0.141. The van der Waals surface area contributed by atoms with E-state index in [-0.39, 0.29) is 17.5 Å². The fourth-order valence-electron chi connectivity index (χ4n) is 2.40. The van der Waals surface area contributed by atoms with Crippen LogP contribution in [0, 0.1) is 6.92 Å². The molecule has 0 bridgehead atoms. The molecule has 0 spiro atoms. The maximum atomic E-state index is 12.6. The van der Waals surface area contributed by atoms with Crippen LogP contribution in [0.2, 0.25) is 0 Å². The normalized spacial score (nSPS) is 14.0. The van der Waals surface area contributed by atoms with Crippen LogP contribution in [0.3, 0.4) is 0 Å². The zero-order chi connectivity index (χ0) is 18.8. The van der Waals surface area contributed by atoms with Crippen LogP contribution in [0.4, 0.5) is 13.2 Å². The first kappa shape index (κ1) is 19.4. The Labute approximate surface area is 143 Å². The predicted molar refractivity (Wildman–Crippen MR) is 84.3 cm³/mol. The van der Waals surface area contributed by atoms with Gasteiger partial charge in [0.1, 0.15) is 4.90 Å². The molecule has 1 atom stereocenters. The molecule has 0 aliphatic carbocycles. The van der Waals surface area contributed by atoms with E-state index in [1.54, 1.807) is 20.9 Å². The summed E-state index contributed by atoms with van der Waals surface area (Å²) in [7, 11) is -2.08. The summed E-state index contributed by atoms with van der Waals surface area (Å²) in [5.41, 5.74) is -0.459. The largest absolute Gasteiger partial charge is 0.435 e. The molecular formula is C14H20F3N5O2S. The van der Waals surface area contributed by atoms with E-state index in [0.29, 0.717) is 18.5 Å². The highest BCUT2D eigenvalue weighted by atomic mass is 32.2. The molecule has 7 nitrogen and oxygen atoms in total. The minimum absolute atomic E-state index is 0.0797. The number of alkyl halides is 3. The molecule has 0 fully saturated rings. The van der Waals surface area contributed by atoms with Gasteiger partial charge in [-0.1, -0.05) is 6.92 Å². The Morgan fingerprint density at radius 2 is 2.04 bits per heavy atom. The van der Waals surface area contributed by atoms with Gasteiger partial charge in [-0.3, -0.25) is 9.36 Å².